The second-order valence-electron chi connectivity index (χ2n) is 15.1. The van der Waals surface area contributed by atoms with E-state index >= 15 is 0 Å². The van der Waals surface area contributed by atoms with Crippen molar-refractivity contribution in [2.45, 2.75) is 91.6 Å². The molecule has 278 valence electrons. The minimum atomic E-state index is -1.18. The van der Waals surface area contributed by atoms with E-state index in [1.54, 1.807) is 12.2 Å². The number of non-ortho nitro benzene ring substituents is 1. The number of carbonyl (C=O) groups excluding carboxylic acids is 3. The maximum absolute atomic E-state index is 14.2. The summed E-state index contributed by atoms with van der Waals surface area (Å²) in [6.07, 6.45) is 8.89. The number of nitrogens with zero attached hydrogens (tertiary/aromatic N) is 1. The molecule has 5 rings (SSSR count). The van der Waals surface area contributed by atoms with E-state index in [-0.39, 0.29) is 39.7 Å². The highest BCUT2D eigenvalue weighted by atomic mass is 16.6. The average Bonchev–Trinajstić information content (AvgIpc) is 3.60. The van der Waals surface area contributed by atoms with Gasteiger partial charge < -0.3 is 24.3 Å². The van der Waals surface area contributed by atoms with E-state index in [2.05, 4.69) is 65.1 Å². The summed E-state index contributed by atoms with van der Waals surface area (Å²) < 4.78 is 24.1. The van der Waals surface area contributed by atoms with Gasteiger partial charge in [-0.1, -0.05) is 71.9 Å². The Balaban J connectivity index is 1.37. The smallest absolute Gasteiger partial charge is 0.308 e. The fraction of sp³-hybridized carbons (Fsp3) is 0.488. The Morgan fingerprint density at radius 2 is 1.63 bits per heavy atom. The molecular weight excluding hydrogens is 664 g/mol. The van der Waals surface area contributed by atoms with Crippen molar-refractivity contribution in [2.24, 2.45) is 23.2 Å². The number of hydrogen-bond acceptors (Lipinski definition) is 9. The molecule has 1 spiro atoms. The lowest BCUT2D eigenvalue weighted by atomic mass is 9.68. The number of ether oxygens (including phenoxy) is 4. The first kappa shape index (κ1) is 38.3. The first-order valence-corrected chi connectivity index (χ1v) is 18.0. The molecule has 3 aliphatic carbocycles. The Hall–Kier alpha value is -4.93. The molecule has 52 heavy (non-hydrogen) atoms. The molecule has 1 saturated carbocycles. The van der Waals surface area contributed by atoms with Crippen molar-refractivity contribution in [1.29, 1.82) is 0 Å². The number of nitro groups is 1. The van der Waals surface area contributed by atoms with Gasteiger partial charge in [0, 0.05) is 49.9 Å². The molecule has 1 amide bonds. The fourth-order valence-electron chi connectivity index (χ4n) is 7.49. The van der Waals surface area contributed by atoms with E-state index in [4.69, 9.17) is 18.9 Å². The van der Waals surface area contributed by atoms with Crippen LogP contribution in [0.4, 0.5) is 5.69 Å². The van der Waals surface area contributed by atoms with Crippen LogP contribution in [-0.4, -0.2) is 42.0 Å². The van der Waals surface area contributed by atoms with Crippen LogP contribution in [0.5, 0.6) is 11.5 Å². The lowest BCUT2D eigenvalue weighted by Gasteiger charge is -2.39. The van der Waals surface area contributed by atoms with Crippen LogP contribution < -0.4 is 14.8 Å². The summed E-state index contributed by atoms with van der Waals surface area (Å²) in [6.45, 7) is 16.6. The average molecular weight is 715 g/mol. The molecule has 1 fully saturated rings. The summed E-state index contributed by atoms with van der Waals surface area (Å²) in [4.78, 5) is 49.5. The van der Waals surface area contributed by atoms with Crippen molar-refractivity contribution < 1.29 is 38.3 Å². The van der Waals surface area contributed by atoms with Crippen molar-refractivity contribution >= 4 is 23.5 Å². The zero-order valence-corrected chi connectivity index (χ0v) is 31.3. The van der Waals surface area contributed by atoms with Crippen LogP contribution >= 0.6 is 0 Å². The van der Waals surface area contributed by atoms with E-state index in [1.807, 2.05) is 12.2 Å². The summed E-state index contributed by atoms with van der Waals surface area (Å²) in [5.41, 5.74) is 1.08. The maximum Gasteiger partial charge on any atom is 0.308 e. The first-order chi connectivity index (χ1) is 24.5. The van der Waals surface area contributed by atoms with Gasteiger partial charge >= 0.3 is 11.9 Å². The number of fused-ring (bicyclic) bond motifs is 1. The van der Waals surface area contributed by atoms with E-state index in [0.29, 0.717) is 19.6 Å². The Morgan fingerprint density at radius 1 is 0.942 bits per heavy atom. The Bertz CT molecular complexity index is 1810. The molecule has 5 unspecified atom stereocenters. The van der Waals surface area contributed by atoms with Gasteiger partial charge in [0.2, 0.25) is 5.91 Å². The molecular formula is C41H50N2O9. The first-order valence-electron chi connectivity index (χ1n) is 18.0. The molecule has 1 N–H and O–H groups in total. The van der Waals surface area contributed by atoms with Crippen molar-refractivity contribution in [3.05, 3.63) is 99.5 Å². The Kier molecular flexibility index (Phi) is 11.0. The topological polar surface area (TPSA) is 143 Å². The molecule has 0 saturated heterocycles. The largest absolute Gasteiger partial charge is 0.493 e. The van der Waals surface area contributed by atoms with E-state index < -0.39 is 46.1 Å². The van der Waals surface area contributed by atoms with Gasteiger partial charge in [-0.2, -0.15) is 0 Å². The zero-order chi connectivity index (χ0) is 38.0. The number of nitrogens with one attached hydrogen (secondary N) is 1. The normalized spacial score (nSPS) is 23.2. The minimum absolute atomic E-state index is 0.0396. The van der Waals surface area contributed by atoms with Crippen molar-refractivity contribution in [1.82, 2.24) is 5.32 Å². The number of amides is 1. The van der Waals surface area contributed by atoms with Crippen LogP contribution in [0.2, 0.25) is 0 Å². The standard InChI is InChI=1S/C41H50N2O9/c1-9-39(5,6)27-12-18-33(32(24-27)40(7,8)10-2)49-23-11-22-42-38(46)35-30-20-21-41(35)31(36(30)51-26(4)45)17-19-34(50-25(3)44)37(41)52-29-15-13-28(14-16-29)43(47)48/h12-21,24,30-31,35-36H,9-11,22-23H2,1-8H3,(H,42,46). The SMILES string of the molecule is CCC(C)(C)c1ccc(OCCCNC(=O)C2C3C=CC24C(Oc2ccc([N+](=O)[O-])cc2)=C(OC(C)=O)C=CC4C3OC(C)=O)c(C(C)(C)CC)c1. The highest BCUT2D eigenvalue weighted by Crippen LogP contribution is 2.64. The van der Waals surface area contributed by atoms with Gasteiger partial charge in [0.05, 0.1) is 22.9 Å². The van der Waals surface area contributed by atoms with E-state index in [9.17, 15) is 24.5 Å². The lowest BCUT2D eigenvalue weighted by molar-refractivity contribution is -0.384. The lowest BCUT2D eigenvalue weighted by Crippen LogP contribution is -2.44. The highest BCUT2D eigenvalue weighted by Gasteiger charge is 2.68. The predicted octanol–water partition coefficient (Wildman–Crippen LogP) is 7.63. The molecule has 0 radical (unpaired) electrons. The third-order valence-corrected chi connectivity index (χ3v) is 11.1. The van der Waals surface area contributed by atoms with Crippen LogP contribution in [0.1, 0.15) is 85.8 Å². The summed E-state index contributed by atoms with van der Waals surface area (Å²) in [7, 11) is 0. The molecule has 11 heteroatoms. The van der Waals surface area contributed by atoms with E-state index in [0.717, 1.165) is 24.2 Å². The molecule has 2 aromatic rings. The number of hydrogen-bond donors (Lipinski definition) is 1. The summed E-state index contributed by atoms with van der Waals surface area (Å²) in [5.74, 6) is -1.79. The third kappa shape index (κ3) is 7.36. The predicted molar refractivity (Wildman–Crippen MR) is 195 cm³/mol. The van der Waals surface area contributed by atoms with Gasteiger partial charge in [-0.25, -0.2) is 0 Å². The maximum atomic E-state index is 14.2. The number of carbonyl (C=O) groups is 3. The van der Waals surface area contributed by atoms with Gasteiger partial charge in [0.1, 0.15) is 17.6 Å². The van der Waals surface area contributed by atoms with Crippen LogP contribution in [-0.2, 0) is 34.7 Å². The Morgan fingerprint density at radius 3 is 2.25 bits per heavy atom. The van der Waals surface area contributed by atoms with Crippen LogP contribution in [0.15, 0.2) is 78.3 Å². The number of esters is 2. The molecule has 3 aliphatic rings. The molecule has 0 aliphatic heterocycles. The van der Waals surface area contributed by atoms with Gasteiger partial charge in [0.15, 0.2) is 11.5 Å². The van der Waals surface area contributed by atoms with Crippen molar-refractivity contribution in [3.8, 4) is 11.5 Å². The van der Waals surface area contributed by atoms with Crippen LogP contribution in [0, 0.1) is 33.3 Å². The van der Waals surface area contributed by atoms with Gasteiger partial charge in [-0.15, -0.1) is 0 Å². The number of benzene rings is 2. The highest BCUT2D eigenvalue weighted by molar-refractivity contribution is 5.84. The van der Waals surface area contributed by atoms with Gasteiger partial charge in [0.25, 0.3) is 5.69 Å². The minimum Gasteiger partial charge on any atom is -0.493 e. The number of nitro benzene ring substituents is 1. The molecule has 2 aromatic carbocycles. The molecule has 5 atom stereocenters. The second kappa shape index (κ2) is 15.0. The quantitative estimate of drug-likeness (QED) is 0.0648. The van der Waals surface area contributed by atoms with Gasteiger partial charge in [-0.05, 0) is 59.9 Å². The molecule has 0 aromatic heterocycles. The summed E-state index contributed by atoms with van der Waals surface area (Å²) in [5, 5.41) is 14.4. The Labute approximate surface area is 305 Å². The third-order valence-electron chi connectivity index (χ3n) is 11.1. The number of allylic oxidation sites excluding steroid dienone is 2. The molecule has 11 nitrogen and oxygen atoms in total. The van der Waals surface area contributed by atoms with Gasteiger partial charge in [-0.3, -0.25) is 24.5 Å². The van der Waals surface area contributed by atoms with Crippen LogP contribution in [0.3, 0.4) is 0 Å². The molecule has 0 heterocycles. The van der Waals surface area contributed by atoms with Crippen molar-refractivity contribution in [3.63, 3.8) is 0 Å². The number of rotatable bonds is 15. The summed E-state index contributed by atoms with van der Waals surface area (Å²) >= 11 is 0. The van der Waals surface area contributed by atoms with Crippen LogP contribution in [0.25, 0.3) is 0 Å². The van der Waals surface area contributed by atoms with Crippen molar-refractivity contribution in [2.75, 3.05) is 13.2 Å². The fourth-order valence-corrected chi connectivity index (χ4v) is 7.49. The van der Waals surface area contributed by atoms with E-state index in [1.165, 1.54) is 43.7 Å². The summed E-state index contributed by atoms with van der Waals surface area (Å²) in [6, 6.07) is 12.0. The molecule has 2 bridgehead atoms. The second-order valence-corrected chi connectivity index (χ2v) is 15.1. The zero-order valence-electron chi connectivity index (χ0n) is 31.3. The monoisotopic (exact) mass is 714 g/mol.